The number of unbranched alkanes of at least 4 members (excludes halogenated alkanes) is 1. The van der Waals surface area contributed by atoms with Crippen LogP contribution in [0.15, 0.2) is 53.5 Å². The smallest absolute Gasteiger partial charge is 0.261 e. The average Bonchev–Trinajstić information content (AvgIpc) is 3.01. The Morgan fingerprint density at radius 2 is 1.57 bits per heavy atom. The van der Waals surface area contributed by atoms with Gasteiger partial charge in [-0.2, -0.15) is 0 Å². The van der Waals surface area contributed by atoms with E-state index in [-0.39, 0.29) is 11.8 Å². The van der Waals surface area contributed by atoms with E-state index in [0.717, 1.165) is 18.6 Å². The minimum absolute atomic E-state index is 0.199. The van der Waals surface area contributed by atoms with Crippen LogP contribution >= 0.6 is 0 Å². The van der Waals surface area contributed by atoms with Crippen LogP contribution in [0.5, 0.6) is 5.75 Å². The summed E-state index contributed by atoms with van der Waals surface area (Å²) in [5.41, 5.74) is 2.20. The van der Waals surface area contributed by atoms with Crippen molar-refractivity contribution in [2.75, 3.05) is 33.3 Å². The lowest BCUT2D eigenvalue weighted by Crippen LogP contribution is -2.40. The number of carbonyl (C=O) groups excluding carboxylic acids is 2. The van der Waals surface area contributed by atoms with Crippen LogP contribution < -0.4 is 15.4 Å². The maximum atomic E-state index is 12.3. The van der Waals surface area contributed by atoms with Crippen molar-refractivity contribution in [2.24, 2.45) is 4.99 Å². The first-order valence-corrected chi connectivity index (χ1v) is 10.2. The van der Waals surface area contributed by atoms with Gasteiger partial charge < -0.3 is 15.4 Å². The number of ether oxygens (including phenoxy) is 1. The van der Waals surface area contributed by atoms with Crippen LogP contribution in [0.1, 0.15) is 39.1 Å². The number of fused-ring (bicyclic) bond motifs is 1. The summed E-state index contributed by atoms with van der Waals surface area (Å²) in [5.74, 6) is 1.14. The van der Waals surface area contributed by atoms with Crippen molar-refractivity contribution in [2.45, 2.75) is 19.8 Å². The zero-order valence-electron chi connectivity index (χ0n) is 17.5. The molecule has 30 heavy (non-hydrogen) atoms. The number of benzene rings is 2. The number of guanidine groups is 1. The van der Waals surface area contributed by atoms with E-state index in [9.17, 15) is 9.59 Å². The molecule has 0 unspecified atom stereocenters. The highest BCUT2D eigenvalue weighted by Crippen LogP contribution is 2.22. The number of carbonyl (C=O) groups is 2. The highest BCUT2D eigenvalue weighted by molar-refractivity contribution is 6.21. The maximum absolute atomic E-state index is 12.3. The molecule has 1 heterocycles. The molecule has 2 aromatic rings. The molecule has 0 bridgehead atoms. The zero-order valence-corrected chi connectivity index (χ0v) is 17.5. The molecular formula is C23H28N4O3. The Morgan fingerprint density at radius 1 is 0.933 bits per heavy atom. The van der Waals surface area contributed by atoms with Crippen molar-refractivity contribution < 1.29 is 14.3 Å². The molecule has 158 valence electrons. The Kier molecular flexibility index (Phi) is 7.43. The third-order valence-corrected chi connectivity index (χ3v) is 4.89. The van der Waals surface area contributed by atoms with Crippen molar-refractivity contribution in [3.63, 3.8) is 0 Å². The van der Waals surface area contributed by atoms with Crippen LogP contribution in [0.4, 0.5) is 0 Å². The molecule has 0 radical (unpaired) electrons. The first-order valence-electron chi connectivity index (χ1n) is 10.2. The van der Waals surface area contributed by atoms with Crippen LogP contribution in [0.2, 0.25) is 0 Å². The molecular weight excluding hydrogens is 380 g/mol. The summed E-state index contributed by atoms with van der Waals surface area (Å²) in [4.78, 5) is 30.2. The van der Waals surface area contributed by atoms with Crippen molar-refractivity contribution in [1.82, 2.24) is 15.5 Å². The van der Waals surface area contributed by atoms with Gasteiger partial charge in [-0.1, -0.05) is 29.8 Å². The summed E-state index contributed by atoms with van der Waals surface area (Å²) >= 11 is 0. The summed E-state index contributed by atoms with van der Waals surface area (Å²) in [6.07, 6.45) is 1.54. The molecule has 3 rings (SSSR count). The molecule has 2 aromatic carbocycles. The lowest BCUT2D eigenvalue weighted by Gasteiger charge is -2.15. The average molecular weight is 409 g/mol. The van der Waals surface area contributed by atoms with E-state index in [2.05, 4.69) is 15.6 Å². The van der Waals surface area contributed by atoms with Gasteiger partial charge in [0, 0.05) is 20.1 Å². The normalized spacial score (nSPS) is 13.4. The van der Waals surface area contributed by atoms with Gasteiger partial charge in [-0.05, 0) is 44.0 Å². The van der Waals surface area contributed by atoms with Crippen LogP contribution in [0.25, 0.3) is 0 Å². The van der Waals surface area contributed by atoms with E-state index >= 15 is 0 Å². The Labute approximate surface area is 177 Å². The second-order valence-electron chi connectivity index (χ2n) is 7.10. The summed E-state index contributed by atoms with van der Waals surface area (Å²) in [7, 11) is 1.72. The van der Waals surface area contributed by atoms with E-state index in [1.165, 1.54) is 10.5 Å². The Hall–Kier alpha value is -3.35. The fourth-order valence-electron chi connectivity index (χ4n) is 3.24. The van der Waals surface area contributed by atoms with Gasteiger partial charge in [-0.3, -0.25) is 19.5 Å². The molecule has 0 aliphatic carbocycles. The molecule has 2 amide bonds. The quantitative estimate of drug-likeness (QED) is 0.288. The summed E-state index contributed by atoms with van der Waals surface area (Å²) < 4.78 is 5.69. The number of amides is 2. The zero-order chi connectivity index (χ0) is 21.3. The third-order valence-electron chi connectivity index (χ3n) is 4.89. The summed E-state index contributed by atoms with van der Waals surface area (Å²) in [5, 5.41) is 6.44. The van der Waals surface area contributed by atoms with Gasteiger partial charge in [0.05, 0.1) is 17.7 Å². The lowest BCUT2D eigenvalue weighted by molar-refractivity contribution is 0.0652. The van der Waals surface area contributed by atoms with Crippen LogP contribution in [0.3, 0.4) is 0 Å². The highest BCUT2D eigenvalue weighted by Gasteiger charge is 2.34. The second-order valence-corrected chi connectivity index (χ2v) is 7.10. The van der Waals surface area contributed by atoms with Crippen molar-refractivity contribution >= 4 is 17.8 Å². The molecule has 0 spiro atoms. The minimum atomic E-state index is -0.199. The Balaban J connectivity index is 1.30. The lowest BCUT2D eigenvalue weighted by atomic mass is 10.1. The van der Waals surface area contributed by atoms with Crippen molar-refractivity contribution in [3.8, 4) is 5.75 Å². The molecule has 7 heteroatoms. The fourth-order valence-corrected chi connectivity index (χ4v) is 3.24. The van der Waals surface area contributed by atoms with Gasteiger partial charge in [0.15, 0.2) is 5.96 Å². The maximum Gasteiger partial charge on any atom is 0.261 e. The van der Waals surface area contributed by atoms with Crippen LogP contribution in [-0.4, -0.2) is 56.0 Å². The number of aliphatic imine (C=N–C) groups is 1. The SMILES string of the molecule is CN=C(NCCCCN1C(=O)c2ccccc2C1=O)NCCOc1ccc(C)cc1. The third kappa shape index (κ3) is 5.37. The largest absolute Gasteiger partial charge is 0.492 e. The number of nitrogens with zero attached hydrogens (tertiary/aromatic N) is 2. The molecule has 0 atom stereocenters. The van der Waals surface area contributed by atoms with Gasteiger partial charge in [-0.15, -0.1) is 0 Å². The number of imide groups is 1. The van der Waals surface area contributed by atoms with Gasteiger partial charge in [0.25, 0.3) is 11.8 Å². The van der Waals surface area contributed by atoms with Gasteiger partial charge in [-0.25, -0.2) is 0 Å². The number of rotatable bonds is 9. The first-order chi connectivity index (χ1) is 14.6. The van der Waals surface area contributed by atoms with Crippen molar-refractivity contribution in [3.05, 3.63) is 65.2 Å². The molecule has 7 nitrogen and oxygen atoms in total. The van der Waals surface area contributed by atoms with E-state index < -0.39 is 0 Å². The van der Waals surface area contributed by atoms with E-state index in [0.29, 0.717) is 43.3 Å². The number of hydrogen-bond acceptors (Lipinski definition) is 4. The first kappa shape index (κ1) is 21.4. The predicted octanol–water partition coefficient (Wildman–Crippen LogP) is 2.62. The highest BCUT2D eigenvalue weighted by atomic mass is 16.5. The van der Waals surface area contributed by atoms with Gasteiger partial charge in [0.1, 0.15) is 12.4 Å². The molecule has 1 aliphatic rings. The van der Waals surface area contributed by atoms with E-state index in [4.69, 9.17) is 4.74 Å². The molecule has 2 N–H and O–H groups in total. The molecule has 0 saturated heterocycles. The number of aryl methyl sites for hydroxylation is 1. The summed E-state index contributed by atoms with van der Waals surface area (Å²) in [6, 6.07) is 14.9. The Bertz CT molecular complexity index is 874. The standard InChI is InChI=1S/C23H28N4O3/c1-17-9-11-18(12-10-17)30-16-14-26-23(24-2)25-13-5-6-15-27-21(28)19-7-3-4-8-20(19)22(27)29/h3-4,7-12H,5-6,13-16H2,1-2H3,(H2,24,25,26). The molecule has 0 saturated carbocycles. The monoisotopic (exact) mass is 408 g/mol. The number of hydrogen-bond donors (Lipinski definition) is 2. The van der Waals surface area contributed by atoms with Crippen LogP contribution in [-0.2, 0) is 0 Å². The number of nitrogens with one attached hydrogen (secondary N) is 2. The topological polar surface area (TPSA) is 83.0 Å². The van der Waals surface area contributed by atoms with E-state index in [1.807, 2.05) is 31.2 Å². The van der Waals surface area contributed by atoms with Gasteiger partial charge in [0.2, 0.25) is 0 Å². The Morgan fingerprint density at radius 3 is 2.20 bits per heavy atom. The predicted molar refractivity (Wildman–Crippen MR) is 117 cm³/mol. The summed E-state index contributed by atoms with van der Waals surface area (Å²) in [6.45, 7) is 4.32. The molecule has 0 aromatic heterocycles. The minimum Gasteiger partial charge on any atom is -0.492 e. The van der Waals surface area contributed by atoms with Gasteiger partial charge >= 0.3 is 0 Å². The molecule has 1 aliphatic heterocycles. The van der Waals surface area contributed by atoms with Crippen LogP contribution in [0, 0.1) is 6.92 Å². The van der Waals surface area contributed by atoms with E-state index in [1.54, 1.807) is 31.3 Å². The second kappa shape index (κ2) is 10.4. The van der Waals surface area contributed by atoms with Crippen molar-refractivity contribution in [1.29, 1.82) is 0 Å². The molecule has 0 fully saturated rings. The fraction of sp³-hybridized carbons (Fsp3) is 0.348.